The van der Waals surface area contributed by atoms with Gasteiger partial charge in [0.1, 0.15) is 5.75 Å². The molecule has 0 aliphatic heterocycles. The van der Waals surface area contributed by atoms with Gasteiger partial charge in [0.25, 0.3) is 0 Å². The van der Waals surface area contributed by atoms with E-state index >= 15 is 0 Å². The van der Waals surface area contributed by atoms with Gasteiger partial charge in [-0.3, -0.25) is 0 Å². The lowest BCUT2D eigenvalue weighted by Crippen LogP contribution is -1.85. The van der Waals surface area contributed by atoms with E-state index in [1.54, 1.807) is 18.9 Å². The van der Waals surface area contributed by atoms with Crippen molar-refractivity contribution in [1.29, 1.82) is 0 Å². The Labute approximate surface area is 82.1 Å². The third-order valence-corrected chi connectivity index (χ3v) is 2.44. The molecule has 12 heavy (non-hydrogen) atoms. The lowest BCUT2D eigenvalue weighted by atomic mass is 10.2. The zero-order valence-corrected chi connectivity index (χ0v) is 8.71. The summed E-state index contributed by atoms with van der Waals surface area (Å²) < 4.78 is 5.04. The highest BCUT2D eigenvalue weighted by molar-refractivity contribution is 7.97. The Hall–Kier alpha value is -0.340. The first-order valence-corrected chi connectivity index (χ1v) is 5.36. The van der Waals surface area contributed by atoms with Crippen molar-refractivity contribution in [3.05, 3.63) is 28.8 Å². The maximum Gasteiger partial charge on any atom is 0.137 e. The first kappa shape index (κ1) is 9.75. The molecule has 1 aromatic carbocycles. The summed E-state index contributed by atoms with van der Waals surface area (Å²) in [5.74, 6) is 1.73. The average Bonchev–Trinajstić information content (AvgIpc) is 2.05. The van der Waals surface area contributed by atoms with Crippen molar-refractivity contribution in [2.24, 2.45) is 0 Å². The minimum absolute atomic E-state index is 0.684. The Kier molecular flexibility index (Phi) is 3.76. The molecule has 0 aliphatic rings. The minimum atomic E-state index is 0.684. The molecule has 0 spiro atoms. The third kappa shape index (κ3) is 2.32. The number of hydrogen-bond acceptors (Lipinski definition) is 2. The summed E-state index contributed by atoms with van der Waals surface area (Å²) in [4.78, 5) is 0. The minimum Gasteiger partial charge on any atom is -0.495 e. The molecular formula is C9H11ClOS. The van der Waals surface area contributed by atoms with Crippen molar-refractivity contribution in [3.8, 4) is 5.75 Å². The van der Waals surface area contributed by atoms with Gasteiger partial charge in [-0.15, -0.1) is 0 Å². The molecule has 0 fully saturated rings. The Morgan fingerprint density at radius 3 is 2.75 bits per heavy atom. The molecule has 0 saturated carbocycles. The summed E-state index contributed by atoms with van der Waals surface area (Å²) in [5.41, 5.74) is 1.23. The number of rotatable bonds is 3. The number of hydrogen-bond donors (Lipinski definition) is 0. The van der Waals surface area contributed by atoms with Gasteiger partial charge in [0.15, 0.2) is 0 Å². The van der Waals surface area contributed by atoms with E-state index in [1.807, 2.05) is 18.2 Å². The fourth-order valence-corrected chi connectivity index (χ4v) is 1.76. The van der Waals surface area contributed by atoms with Gasteiger partial charge in [-0.25, -0.2) is 0 Å². The molecule has 0 N–H and O–H groups in total. The van der Waals surface area contributed by atoms with E-state index in [9.17, 15) is 0 Å². The SMILES string of the molecule is COc1ccc(CSC)cc1Cl. The van der Waals surface area contributed by atoms with Gasteiger partial charge in [0, 0.05) is 5.75 Å². The highest BCUT2D eigenvalue weighted by atomic mass is 35.5. The van der Waals surface area contributed by atoms with E-state index in [-0.39, 0.29) is 0 Å². The van der Waals surface area contributed by atoms with E-state index in [0.717, 1.165) is 11.5 Å². The second-order valence-corrected chi connectivity index (χ2v) is 3.68. The smallest absolute Gasteiger partial charge is 0.137 e. The van der Waals surface area contributed by atoms with Crippen LogP contribution in [0.5, 0.6) is 5.75 Å². The molecule has 0 aliphatic carbocycles. The maximum absolute atomic E-state index is 5.93. The molecule has 1 aromatic rings. The predicted molar refractivity (Wildman–Crippen MR) is 55.2 cm³/mol. The van der Waals surface area contributed by atoms with E-state index in [2.05, 4.69) is 6.26 Å². The Bertz CT molecular complexity index is 263. The largest absolute Gasteiger partial charge is 0.495 e. The van der Waals surface area contributed by atoms with Crippen LogP contribution in [-0.4, -0.2) is 13.4 Å². The number of halogens is 1. The monoisotopic (exact) mass is 202 g/mol. The molecule has 0 radical (unpaired) electrons. The summed E-state index contributed by atoms with van der Waals surface area (Å²) in [7, 11) is 1.62. The van der Waals surface area contributed by atoms with E-state index in [4.69, 9.17) is 16.3 Å². The van der Waals surface area contributed by atoms with Crippen LogP contribution in [0.2, 0.25) is 5.02 Å². The van der Waals surface area contributed by atoms with Crippen LogP contribution < -0.4 is 4.74 Å². The fraction of sp³-hybridized carbons (Fsp3) is 0.333. The molecule has 1 rings (SSSR count). The molecule has 0 heterocycles. The van der Waals surface area contributed by atoms with Crippen molar-refractivity contribution >= 4 is 23.4 Å². The molecule has 66 valence electrons. The summed E-state index contributed by atoms with van der Waals surface area (Å²) in [6, 6.07) is 5.87. The first-order valence-electron chi connectivity index (χ1n) is 3.59. The molecule has 0 amide bonds. The van der Waals surface area contributed by atoms with Crippen LogP contribution in [-0.2, 0) is 5.75 Å². The van der Waals surface area contributed by atoms with Crippen LogP contribution in [0.25, 0.3) is 0 Å². The van der Waals surface area contributed by atoms with E-state index in [1.165, 1.54) is 5.56 Å². The number of thioether (sulfide) groups is 1. The average molecular weight is 203 g/mol. The molecule has 0 saturated heterocycles. The van der Waals surface area contributed by atoms with E-state index in [0.29, 0.717) is 5.02 Å². The molecule has 0 atom stereocenters. The highest BCUT2D eigenvalue weighted by Gasteiger charge is 2.00. The zero-order valence-electron chi connectivity index (χ0n) is 7.13. The van der Waals surface area contributed by atoms with Crippen molar-refractivity contribution in [3.63, 3.8) is 0 Å². The van der Waals surface area contributed by atoms with Crippen LogP contribution in [0.3, 0.4) is 0 Å². The normalized spacial score (nSPS) is 9.92. The fourth-order valence-electron chi connectivity index (χ4n) is 0.966. The van der Waals surface area contributed by atoms with Crippen LogP contribution >= 0.6 is 23.4 Å². The topological polar surface area (TPSA) is 9.23 Å². The van der Waals surface area contributed by atoms with Crippen LogP contribution in [0, 0.1) is 0 Å². The highest BCUT2D eigenvalue weighted by Crippen LogP contribution is 2.26. The molecule has 1 nitrogen and oxygen atoms in total. The van der Waals surface area contributed by atoms with Gasteiger partial charge < -0.3 is 4.74 Å². The summed E-state index contributed by atoms with van der Waals surface area (Å²) in [6.07, 6.45) is 2.07. The Morgan fingerprint density at radius 2 is 2.25 bits per heavy atom. The van der Waals surface area contributed by atoms with Gasteiger partial charge in [0.2, 0.25) is 0 Å². The van der Waals surface area contributed by atoms with Gasteiger partial charge in [-0.1, -0.05) is 17.7 Å². The lowest BCUT2D eigenvalue weighted by Gasteiger charge is -2.04. The van der Waals surface area contributed by atoms with Crippen molar-refractivity contribution in [2.45, 2.75) is 5.75 Å². The third-order valence-electron chi connectivity index (χ3n) is 1.53. The van der Waals surface area contributed by atoms with Gasteiger partial charge in [-0.05, 0) is 24.0 Å². The zero-order chi connectivity index (χ0) is 8.97. The quantitative estimate of drug-likeness (QED) is 0.745. The van der Waals surface area contributed by atoms with Crippen LogP contribution in [0.15, 0.2) is 18.2 Å². The van der Waals surface area contributed by atoms with Crippen molar-refractivity contribution in [1.82, 2.24) is 0 Å². The number of methoxy groups -OCH3 is 1. The molecule has 3 heteroatoms. The molecular weight excluding hydrogens is 192 g/mol. The second kappa shape index (κ2) is 4.63. The second-order valence-electron chi connectivity index (χ2n) is 2.40. The Morgan fingerprint density at radius 1 is 1.50 bits per heavy atom. The van der Waals surface area contributed by atoms with E-state index < -0.39 is 0 Å². The molecule has 0 bridgehead atoms. The lowest BCUT2D eigenvalue weighted by molar-refractivity contribution is 0.415. The van der Waals surface area contributed by atoms with Crippen molar-refractivity contribution < 1.29 is 4.74 Å². The summed E-state index contributed by atoms with van der Waals surface area (Å²) >= 11 is 7.71. The number of benzene rings is 1. The van der Waals surface area contributed by atoms with Crippen LogP contribution in [0.1, 0.15) is 5.56 Å². The molecule has 0 unspecified atom stereocenters. The standard InChI is InChI=1S/C9H11ClOS/c1-11-9-4-3-7(6-12-2)5-8(9)10/h3-5H,6H2,1-2H3. The van der Waals surface area contributed by atoms with Gasteiger partial charge in [0.05, 0.1) is 12.1 Å². The van der Waals surface area contributed by atoms with Gasteiger partial charge in [-0.2, -0.15) is 11.8 Å². The predicted octanol–water partition coefficient (Wildman–Crippen LogP) is 3.21. The van der Waals surface area contributed by atoms with Crippen molar-refractivity contribution in [2.75, 3.05) is 13.4 Å². The van der Waals surface area contributed by atoms with Gasteiger partial charge >= 0.3 is 0 Å². The number of ether oxygens (including phenoxy) is 1. The van der Waals surface area contributed by atoms with Crippen LogP contribution in [0.4, 0.5) is 0 Å². The first-order chi connectivity index (χ1) is 5.77. The summed E-state index contributed by atoms with van der Waals surface area (Å²) in [6.45, 7) is 0. The maximum atomic E-state index is 5.93. The Balaban J connectivity index is 2.86. The molecule has 0 aromatic heterocycles. The summed E-state index contributed by atoms with van der Waals surface area (Å²) in [5, 5.41) is 0.684.